The predicted molar refractivity (Wildman–Crippen MR) is 86.6 cm³/mol. The van der Waals surface area contributed by atoms with Crippen LogP contribution in [0.4, 0.5) is 11.6 Å². The van der Waals surface area contributed by atoms with Crippen molar-refractivity contribution in [2.24, 2.45) is 5.84 Å². The second-order valence-electron chi connectivity index (χ2n) is 5.00. The van der Waals surface area contributed by atoms with E-state index in [-0.39, 0.29) is 6.04 Å². The van der Waals surface area contributed by atoms with Crippen molar-refractivity contribution in [3.05, 3.63) is 48.0 Å². The zero-order valence-electron chi connectivity index (χ0n) is 12.7. The molecule has 0 saturated heterocycles. The molecule has 0 amide bonds. The molecule has 5 heteroatoms. The summed E-state index contributed by atoms with van der Waals surface area (Å²) in [5, 5.41) is 0. The number of nitrogens with two attached hydrogens (primary N) is 1. The maximum atomic E-state index is 5.41. The normalized spacial score (nSPS) is 11.8. The highest BCUT2D eigenvalue weighted by molar-refractivity contribution is 5.47. The summed E-state index contributed by atoms with van der Waals surface area (Å²) < 4.78 is 5.41. The number of methoxy groups -OCH3 is 1. The Morgan fingerprint density at radius 2 is 2.00 bits per heavy atom. The highest BCUT2D eigenvalue weighted by atomic mass is 16.5. The van der Waals surface area contributed by atoms with E-state index in [0.29, 0.717) is 5.82 Å². The third-order valence-corrected chi connectivity index (χ3v) is 3.61. The zero-order valence-corrected chi connectivity index (χ0v) is 12.7. The van der Waals surface area contributed by atoms with Crippen molar-refractivity contribution >= 4 is 11.6 Å². The van der Waals surface area contributed by atoms with Crippen LogP contribution < -0.4 is 20.9 Å². The fourth-order valence-electron chi connectivity index (χ4n) is 2.25. The number of pyridine rings is 1. The minimum Gasteiger partial charge on any atom is -0.496 e. The molecule has 0 fully saturated rings. The number of rotatable bonds is 6. The minimum absolute atomic E-state index is 0.279. The van der Waals surface area contributed by atoms with Gasteiger partial charge in [-0.15, -0.1) is 0 Å². The van der Waals surface area contributed by atoms with Crippen LogP contribution in [0.3, 0.4) is 0 Å². The van der Waals surface area contributed by atoms with Crippen LogP contribution in [-0.2, 0) is 6.42 Å². The van der Waals surface area contributed by atoms with Crippen LogP contribution in [-0.4, -0.2) is 25.2 Å². The van der Waals surface area contributed by atoms with E-state index in [1.165, 1.54) is 5.56 Å². The first kappa shape index (κ1) is 15.1. The molecule has 0 aliphatic carbocycles. The van der Waals surface area contributed by atoms with Gasteiger partial charge in [0, 0.05) is 13.1 Å². The summed E-state index contributed by atoms with van der Waals surface area (Å²) in [4.78, 5) is 6.59. The van der Waals surface area contributed by atoms with Gasteiger partial charge in [-0.3, -0.25) is 0 Å². The maximum Gasteiger partial charge on any atom is 0.142 e. The van der Waals surface area contributed by atoms with E-state index in [9.17, 15) is 0 Å². The van der Waals surface area contributed by atoms with Gasteiger partial charge >= 0.3 is 0 Å². The number of anilines is 2. The molecule has 3 N–H and O–H groups in total. The third kappa shape index (κ3) is 3.64. The van der Waals surface area contributed by atoms with E-state index in [1.807, 2.05) is 43.4 Å². The molecule has 0 spiro atoms. The maximum absolute atomic E-state index is 5.41. The SMILES string of the molecule is COc1ccccc1CC(C)N(C)c1cccc(NN)n1. The summed E-state index contributed by atoms with van der Waals surface area (Å²) in [6, 6.07) is 14.1. The van der Waals surface area contributed by atoms with Gasteiger partial charge in [-0.05, 0) is 37.1 Å². The molecule has 112 valence electrons. The van der Waals surface area contributed by atoms with Gasteiger partial charge in [-0.1, -0.05) is 24.3 Å². The van der Waals surface area contributed by atoms with Gasteiger partial charge in [0.25, 0.3) is 0 Å². The lowest BCUT2D eigenvalue weighted by Crippen LogP contribution is -2.31. The van der Waals surface area contributed by atoms with Crippen LogP contribution in [0.25, 0.3) is 0 Å². The van der Waals surface area contributed by atoms with Gasteiger partial charge < -0.3 is 15.1 Å². The number of aromatic nitrogens is 1. The summed E-state index contributed by atoms with van der Waals surface area (Å²) >= 11 is 0. The van der Waals surface area contributed by atoms with Crippen molar-refractivity contribution in [2.75, 3.05) is 24.5 Å². The highest BCUT2D eigenvalue weighted by Crippen LogP contribution is 2.22. The molecule has 0 bridgehead atoms. The number of ether oxygens (including phenoxy) is 1. The van der Waals surface area contributed by atoms with Crippen molar-refractivity contribution in [2.45, 2.75) is 19.4 Å². The fourth-order valence-corrected chi connectivity index (χ4v) is 2.25. The van der Waals surface area contributed by atoms with Crippen molar-refractivity contribution in [3.8, 4) is 5.75 Å². The largest absolute Gasteiger partial charge is 0.496 e. The van der Waals surface area contributed by atoms with E-state index in [1.54, 1.807) is 7.11 Å². The number of likely N-dealkylation sites (N-methyl/N-ethyl adjacent to an activating group) is 1. The van der Waals surface area contributed by atoms with Gasteiger partial charge in [0.2, 0.25) is 0 Å². The van der Waals surface area contributed by atoms with Crippen LogP contribution in [0, 0.1) is 0 Å². The molecular formula is C16H22N4O. The summed E-state index contributed by atoms with van der Waals surface area (Å²) in [7, 11) is 3.73. The van der Waals surface area contributed by atoms with Gasteiger partial charge in [0.05, 0.1) is 7.11 Å². The quantitative estimate of drug-likeness (QED) is 0.631. The Bertz CT molecular complexity index is 588. The molecule has 21 heavy (non-hydrogen) atoms. The highest BCUT2D eigenvalue weighted by Gasteiger charge is 2.14. The summed E-state index contributed by atoms with van der Waals surface area (Å²) in [5.74, 6) is 7.87. The first-order chi connectivity index (χ1) is 10.2. The first-order valence-electron chi connectivity index (χ1n) is 6.94. The number of hydrogen-bond donors (Lipinski definition) is 2. The molecule has 5 nitrogen and oxygen atoms in total. The molecule has 1 unspecified atom stereocenters. The molecule has 1 atom stereocenters. The van der Waals surface area contributed by atoms with Crippen LogP contribution in [0.2, 0.25) is 0 Å². The Kier molecular flexibility index (Phi) is 5.00. The Morgan fingerprint density at radius 1 is 1.24 bits per heavy atom. The molecule has 0 aliphatic rings. The molecule has 2 aromatic rings. The van der Waals surface area contributed by atoms with E-state index in [2.05, 4.69) is 28.3 Å². The first-order valence-corrected chi connectivity index (χ1v) is 6.94. The molecular weight excluding hydrogens is 264 g/mol. The number of para-hydroxylation sites is 1. The fraction of sp³-hybridized carbons (Fsp3) is 0.312. The third-order valence-electron chi connectivity index (χ3n) is 3.61. The van der Waals surface area contributed by atoms with Crippen molar-refractivity contribution in [3.63, 3.8) is 0 Å². The molecule has 0 aliphatic heterocycles. The standard InChI is InChI=1S/C16H22N4O/c1-12(11-13-7-4-5-8-14(13)21-3)20(2)16-10-6-9-15(18-16)19-17/h4-10,12H,11,17H2,1-3H3,(H,18,19). The van der Waals surface area contributed by atoms with E-state index < -0.39 is 0 Å². The van der Waals surface area contributed by atoms with Gasteiger partial charge in [0.1, 0.15) is 17.4 Å². The number of benzene rings is 1. The van der Waals surface area contributed by atoms with E-state index >= 15 is 0 Å². The van der Waals surface area contributed by atoms with Gasteiger partial charge in [-0.2, -0.15) is 0 Å². The summed E-state index contributed by atoms with van der Waals surface area (Å²) in [5.41, 5.74) is 3.76. The number of nitrogens with zero attached hydrogens (tertiary/aromatic N) is 2. The average molecular weight is 286 g/mol. The summed E-state index contributed by atoms with van der Waals surface area (Å²) in [6.45, 7) is 2.16. The number of nitrogen functional groups attached to an aromatic ring is 1. The lowest BCUT2D eigenvalue weighted by atomic mass is 10.1. The second-order valence-corrected chi connectivity index (χ2v) is 5.00. The van der Waals surface area contributed by atoms with E-state index in [4.69, 9.17) is 10.6 Å². The Balaban J connectivity index is 2.13. The predicted octanol–water partition coefficient (Wildman–Crippen LogP) is 2.44. The molecule has 2 rings (SSSR count). The zero-order chi connectivity index (χ0) is 15.2. The van der Waals surface area contributed by atoms with E-state index in [0.717, 1.165) is 18.0 Å². The average Bonchev–Trinajstić information content (AvgIpc) is 2.54. The minimum atomic E-state index is 0.279. The van der Waals surface area contributed by atoms with Crippen molar-refractivity contribution in [1.29, 1.82) is 0 Å². The topological polar surface area (TPSA) is 63.4 Å². The van der Waals surface area contributed by atoms with Gasteiger partial charge in [-0.25, -0.2) is 10.8 Å². The second kappa shape index (κ2) is 6.95. The lowest BCUT2D eigenvalue weighted by molar-refractivity contribution is 0.408. The van der Waals surface area contributed by atoms with Crippen LogP contribution in [0.15, 0.2) is 42.5 Å². The molecule has 0 saturated carbocycles. The molecule has 1 aromatic heterocycles. The van der Waals surface area contributed by atoms with Crippen molar-refractivity contribution < 1.29 is 4.74 Å². The number of nitrogens with one attached hydrogen (secondary N) is 1. The molecule has 0 radical (unpaired) electrons. The Labute approximate surface area is 125 Å². The molecule has 1 heterocycles. The summed E-state index contributed by atoms with van der Waals surface area (Å²) in [6.07, 6.45) is 0.877. The lowest BCUT2D eigenvalue weighted by Gasteiger charge is -2.27. The van der Waals surface area contributed by atoms with Crippen LogP contribution >= 0.6 is 0 Å². The smallest absolute Gasteiger partial charge is 0.142 e. The number of hydrogen-bond acceptors (Lipinski definition) is 5. The monoisotopic (exact) mass is 286 g/mol. The Morgan fingerprint density at radius 3 is 2.71 bits per heavy atom. The van der Waals surface area contributed by atoms with Crippen molar-refractivity contribution in [1.82, 2.24) is 4.98 Å². The molecule has 1 aromatic carbocycles. The van der Waals surface area contributed by atoms with Crippen LogP contribution in [0.1, 0.15) is 12.5 Å². The Hall–Kier alpha value is -2.27. The van der Waals surface area contributed by atoms with Crippen LogP contribution in [0.5, 0.6) is 5.75 Å². The number of hydrazine groups is 1. The van der Waals surface area contributed by atoms with Gasteiger partial charge in [0.15, 0.2) is 0 Å².